The second-order valence-electron chi connectivity index (χ2n) is 7.52. The van der Waals surface area contributed by atoms with Crippen molar-refractivity contribution in [3.05, 3.63) is 12.2 Å². The van der Waals surface area contributed by atoms with E-state index < -0.39 is 18.0 Å². The number of allylic oxidation sites excluding steroid dienone is 2. The van der Waals surface area contributed by atoms with E-state index in [0.717, 1.165) is 32.1 Å². The number of carboxylic acid groups (broad SMARTS) is 1. The molecule has 1 atom stereocenters. The highest BCUT2D eigenvalue weighted by Gasteiger charge is 2.19. The summed E-state index contributed by atoms with van der Waals surface area (Å²) in [7, 11) is 0. The van der Waals surface area contributed by atoms with Gasteiger partial charge in [0.25, 0.3) is 0 Å². The van der Waals surface area contributed by atoms with Gasteiger partial charge in [-0.25, -0.2) is 9.59 Å². The molecule has 0 rings (SSSR count). The Kier molecular flexibility index (Phi) is 17.9. The molecule has 0 aliphatic carbocycles. The van der Waals surface area contributed by atoms with Crippen molar-refractivity contribution in [1.82, 2.24) is 10.6 Å². The summed E-state index contributed by atoms with van der Waals surface area (Å²) in [6, 6.07) is -1.56. The van der Waals surface area contributed by atoms with Gasteiger partial charge in [0, 0.05) is 13.0 Å². The first-order chi connectivity index (χ1) is 14.0. The molecule has 0 heterocycles. The van der Waals surface area contributed by atoms with E-state index in [4.69, 9.17) is 5.73 Å². The van der Waals surface area contributed by atoms with Crippen LogP contribution in [0.4, 0.5) is 4.79 Å². The first kappa shape index (κ1) is 27.0. The largest absolute Gasteiger partial charge is 0.480 e. The molecule has 7 nitrogen and oxygen atoms in total. The number of amides is 3. The molecule has 0 aromatic carbocycles. The Bertz CT molecular complexity index is 481. The van der Waals surface area contributed by atoms with Crippen LogP contribution in [0.15, 0.2) is 12.2 Å². The maximum absolute atomic E-state index is 11.9. The molecule has 0 bridgehead atoms. The van der Waals surface area contributed by atoms with Gasteiger partial charge in [-0.15, -0.1) is 0 Å². The number of unbranched alkanes of at least 4 members (excludes halogenated alkanes) is 9. The van der Waals surface area contributed by atoms with Crippen LogP contribution in [0.25, 0.3) is 0 Å². The number of aliphatic carboxylic acids is 1. The van der Waals surface area contributed by atoms with Crippen LogP contribution < -0.4 is 16.4 Å². The van der Waals surface area contributed by atoms with Gasteiger partial charge in [0.2, 0.25) is 5.91 Å². The second kappa shape index (κ2) is 19.3. The zero-order valence-electron chi connectivity index (χ0n) is 18.1. The highest BCUT2D eigenvalue weighted by Crippen LogP contribution is 2.09. The minimum atomic E-state index is -1.06. The Balaban J connectivity index is 3.64. The number of urea groups is 1. The van der Waals surface area contributed by atoms with Gasteiger partial charge in [-0.1, -0.05) is 57.6 Å². The molecule has 29 heavy (non-hydrogen) atoms. The molecule has 0 aromatic rings. The number of primary amides is 1. The maximum atomic E-state index is 11.9. The molecule has 3 amide bonds. The van der Waals surface area contributed by atoms with Crippen molar-refractivity contribution in [1.29, 1.82) is 0 Å². The zero-order valence-corrected chi connectivity index (χ0v) is 18.1. The second-order valence-corrected chi connectivity index (χ2v) is 7.52. The molecular formula is C22H41N3O4. The summed E-state index contributed by atoms with van der Waals surface area (Å²) in [4.78, 5) is 33.7. The molecule has 0 saturated heterocycles. The lowest BCUT2D eigenvalue weighted by Gasteiger charge is -2.14. The van der Waals surface area contributed by atoms with Crippen molar-refractivity contribution in [3.8, 4) is 0 Å². The summed E-state index contributed by atoms with van der Waals surface area (Å²) in [6.07, 6.45) is 18.3. The summed E-state index contributed by atoms with van der Waals surface area (Å²) < 4.78 is 0. The van der Waals surface area contributed by atoms with Gasteiger partial charge in [-0.3, -0.25) is 4.79 Å². The van der Waals surface area contributed by atoms with Gasteiger partial charge in [0.15, 0.2) is 0 Å². The van der Waals surface area contributed by atoms with Gasteiger partial charge < -0.3 is 21.5 Å². The number of carbonyl (C=O) groups excluding carboxylic acids is 2. The number of hydrogen-bond acceptors (Lipinski definition) is 3. The zero-order chi connectivity index (χ0) is 21.7. The Morgan fingerprint density at radius 1 is 0.897 bits per heavy atom. The van der Waals surface area contributed by atoms with Crippen molar-refractivity contribution in [2.45, 2.75) is 103 Å². The number of carboxylic acids is 1. The quantitative estimate of drug-likeness (QED) is 0.187. The topological polar surface area (TPSA) is 122 Å². The Hall–Kier alpha value is -2.05. The molecule has 7 heteroatoms. The van der Waals surface area contributed by atoms with Gasteiger partial charge in [0.05, 0.1) is 0 Å². The summed E-state index contributed by atoms with van der Waals surface area (Å²) >= 11 is 0. The normalized spacial score (nSPS) is 12.0. The third kappa shape index (κ3) is 19.1. The Morgan fingerprint density at radius 3 is 2.07 bits per heavy atom. The molecule has 0 aliphatic heterocycles. The molecule has 0 aliphatic rings. The van der Waals surface area contributed by atoms with Crippen LogP contribution >= 0.6 is 0 Å². The Labute approximate surface area is 175 Å². The Morgan fingerprint density at radius 2 is 1.48 bits per heavy atom. The van der Waals surface area contributed by atoms with Crippen molar-refractivity contribution in [2.24, 2.45) is 5.73 Å². The highest BCUT2D eigenvalue weighted by atomic mass is 16.4. The molecule has 0 fully saturated rings. The van der Waals surface area contributed by atoms with Gasteiger partial charge in [0.1, 0.15) is 6.04 Å². The number of hydrogen-bond donors (Lipinski definition) is 4. The number of rotatable bonds is 19. The fraction of sp³-hybridized carbons (Fsp3) is 0.773. The van der Waals surface area contributed by atoms with Gasteiger partial charge in [-0.05, 0) is 44.9 Å². The van der Waals surface area contributed by atoms with E-state index in [-0.39, 0.29) is 12.3 Å². The van der Waals surface area contributed by atoms with Crippen molar-refractivity contribution in [2.75, 3.05) is 6.54 Å². The molecule has 0 unspecified atom stereocenters. The molecule has 168 valence electrons. The number of nitrogens with two attached hydrogens (primary N) is 1. The van der Waals surface area contributed by atoms with E-state index in [1.54, 1.807) is 0 Å². The van der Waals surface area contributed by atoms with Crippen LogP contribution in [0.1, 0.15) is 96.8 Å². The fourth-order valence-corrected chi connectivity index (χ4v) is 3.04. The van der Waals surface area contributed by atoms with Crippen LogP contribution in [-0.4, -0.2) is 35.6 Å². The third-order valence-electron chi connectivity index (χ3n) is 4.77. The smallest absolute Gasteiger partial charge is 0.326 e. The van der Waals surface area contributed by atoms with Gasteiger partial charge >= 0.3 is 12.0 Å². The first-order valence-corrected chi connectivity index (χ1v) is 11.2. The number of carbonyl (C=O) groups is 3. The summed E-state index contributed by atoms with van der Waals surface area (Å²) in [5.74, 6) is -1.29. The predicted molar refractivity (Wildman–Crippen MR) is 117 cm³/mol. The molecule has 5 N–H and O–H groups in total. The van der Waals surface area contributed by atoms with Crippen LogP contribution in [0.2, 0.25) is 0 Å². The molecule has 0 aromatic heterocycles. The minimum Gasteiger partial charge on any atom is -0.480 e. The predicted octanol–water partition coefficient (Wildman–Crippen LogP) is 4.26. The number of nitrogens with one attached hydrogen (secondary N) is 2. The summed E-state index contributed by atoms with van der Waals surface area (Å²) in [6.45, 7) is 2.52. The van der Waals surface area contributed by atoms with Crippen molar-refractivity contribution < 1.29 is 19.5 Å². The SMILES string of the molecule is CCCCCC/C=C\CCCCCCCC(=O)N[C@@H](CCCNC(N)=O)C(=O)O. The van der Waals surface area contributed by atoms with Crippen LogP contribution in [-0.2, 0) is 9.59 Å². The van der Waals surface area contributed by atoms with Crippen molar-refractivity contribution >= 4 is 17.9 Å². The lowest BCUT2D eigenvalue weighted by atomic mass is 10.1. The highest BCUT2D eigenvalue weighted by molar-refractivity contribution is 5.83. The maximum Gasteiger partial charge on any atom is 0.326 e. The molecule has 0 saturated carbocycles. The monoisotopic (exact) mass is 411 g/mol. The van der Waals surface area contributed by atoms with E-state index in [1.165, 1.54) is 38.5 Å². The standard InChI is InChI=1S/C22H41N3O4/c1-2-3-4-5-6-7-8-9-10-11-12-13-14-17-20(26)25-19(21(27)28)16-15-18-24-22(23)29/h7-8,19H,2-6,9-18H2,1H3,(H,25,26)(H,27,28)(H3,23,24,29)/b8-7-/t19-/m0/s1. The lowest BCUT2D eigenvalue weighted by molar-refractivity contribution is -0.142. The van der Waals surface area contributed by atoms with Crippen LogP contribution in [0.5, 0.6) is 0 Å². The third-order valence-corrected chi connectivity index (χ3v) is 4.77. The average Bonchev–Trinajstić information content (AvgIpc) is 2.67. The molecular weight excluding hydrogens is 370 g/mol. The first-order valence-electron chi connectivity index (χ1n) is 11.2. The average molecular weight is 412 g/mol. The van der Waals surface area contributed by atoms with Crippen LogP contribution in [0.3, 0.4) is 0 Å². The summed E-state index contributed by atoms with van der Waals surface area (Å²) in [5.41, 5.74) is 4.95. The van der Waals surface area contributed by atoms with E-state index >= 15 is 0 Å². The van der Waals surface area contributed by atoms with E-state index in [9.17, 15) is 19.5 Å². The molecule has 0 spiro atoms. The van der Waals surface area contributed by atoms with Crippen LogP contribution in [0, 0.1) is 0 Å². The molecule has 0 radical (unpaired) electrons. The van der Waals surface area contributed by atoms with E-state index in [0.29, 0.717) is 19.4 Å². The minimum absolute atomic E-state index is 0.230. The van der Waals surface area contributed by atoms with Gasteiger partial charge in [-0.2, -0.15) is 0 Å². The van der Waals surface area contributed by atoms with E-state index in [2.05, 4.69) is 29.7 Å². The fourth-order valence-electron chi connectivity index (χ4n) is 3.04. The lowest BCUT2D eigenvalue weighted by Crippen LogP contribution is -2.41. The summed E-state index contributed by atoms with van der Waals surface area (Å²) in [5, 5.41) is 14.1. The van der Waals surface area contributed by atoms with E-state index in [1.807, 2.05) is 0 Å². The van der Waals surface area contributed by atoms with Crippen molar-refractivity contribution in [3.63, 3.8) is 0 Å².